The highest BCUT2D eigenvalue weighted by molar-refractivity contribution is 9.10. The molecule has 0 aliphatic carbocycles. The van der Waals surface area contributed by atoms with Crippen LogP contribution in [0.1, 0.15) is 18.4 Å². The normalized spacial score (nSPS) is 12.4. The van der Waals surface area contributed by atoms with Crippen LogP contribution in [0.25, 0.3) is 0 Å². The second-order valence-corrected chi connectivity index (χ2v) is 4.54. The van der Waals surface area contributed by atoms with E-state index >= 15 is 0 Å². The highest BCUT2D eigenvalue weighted by Gasteiger charge is 2.12. The monoisotopic (exact) mass is 286 g/mol. The Kier molecular flexibility index (Phi) is 5.49. The average Bonchev–Trinajstić information content (AvgIpc) is 2.24. The number of carbonyl (C=O) groups is 1. The zero-order valence-electron chi connectivity index (χ0n) is 9.15. The van der Waals surface area contributed by atoms with Crippen molar-refractivity contribution in [2.45, 2.75) is 25.4 Å². The van der Waals surface area contributed by atoms with Crippen molar-refractivity contribution in [3.63, 3.8) is 0 Å². The van der Waals surface area contributed by atoms with Crippen LogP contribution in [0.4, 0.5) is 0 Å². The molecule has 1 unspecified atom stereocenters. The topological polar surface area (TPSA) is 46.5 Å². The lowest BCUT2D eigenvalue weighted by Gasteiger charge is -2.12. The highest BCUT2D eigenvalue weighted by atomic mass is 79.9. The summed E-state index contributed by atoms with van der Waals surface area (Å²) < 4.78 is 6.16. The van der Waals surface area contributed by atoms with E-state index in [1.807, 2.05) is 24.3 Å². The van der Waals surface area contributed by atoms with Gasteiger partial charge in [-0.3, -0.25) is 4.79 Å². The minimum absolute atomic E-state index is 0.0600. The van der Waals surface area contributed by atoms with Crippen molar-refractivity contribution >= 4 is 21.9 Å². The van der Waals surface area contributed by atoms with Gasteiger partial charge in [-0.2, -0.15) is 0 Å². The Balaban J connectivity index is 2.46. The van der Waals surface area contributed by atoms with E-state index in [4.69, 9.17) is 9.84 Å². The number of benzene rings is 1. The maximum absolute atomic E-state index is 10.5. The molecule has 0 amide bonds. The van der Waals surface area contributed by atoms with Crippen molar-refractivity contribution in [2.24, 2.45) is 0 Å². The molecule has 0 aromatic heterocycles. The lowest BCUT2D eigenvalue weighted by molar-refractivity contribution is -0.139. The van der Waals surface area contributed by atoms with E-state index in [1.54, 1.807) is 7.11 Å². The van der Waals surface area contributed by atoms with Gasteiger partial charge in [-0.15, -0.1) is 0 Å². The van der Waals surface area contributed by atoms with E-state index in [0.717, 1.165) is 17.3 Å². The molecule has 0 aliphatic rings. The van der Waals surface area contributed by atoms with Gasteiger partial charge in [0.15, 0.2) is 0 Å². The third kappa shape index (κ3) is 4.77. The number of aryl methyl sites for hydroxylation is 1. The summed E-state index contributed by atoms with van der Waals surface area (Å²) >= 11 is 3.40. The summed E-state index contributed by atoms with van der Waals surface area (Å²) in [5, 5.41) is 8.67. The summed E-state index contributed by atoms with van der Waals surface area (Å²) in [6.07, 6.45) is 1.39. The van der Waals surface area contributed by atoms with Gasteiger partial charge in [-0.1, -0.05) is 28.1 Å². The summed E-state index contributed by atoms with van der Waals surface area (Å²) in [6, 6.07) is 8.00. The molecule has 0 radical (unpaired) electrons. The van der Waals surface area contributed by atoms with E-state index in [9.17, 15) is 4.79 Å². The minimum atomic E-state index is -0.818. The van der Waals surface area contributed by atoms with Crippen LogP contribution < -0.4 is 0 Å². The zero-order valence-corrected chi connectivity index (χ0v) is 10.7. The van der Waals surface area contributed by atoms with Crippen molar-refractivity contribution in [1.82, 2.24) is 0 Å². The molecule has 88 valence electrons. The number of rotatable bonds is 6. The van der Waals surface area contributed by atoms with Crippen LogP contribution in [-0.2, 0) is 16.0 Å². The van der Waals surface area contributed by atoms with Gasteiger partial charge < -0.3 is 9.84 Å². The summed E-state index contributed by atoms with van der Waals surface area (Å²) in [5.41, 5.74) is 1.18. The standard InChI is InChI=1S/C12H15BrO3/c1-16-11(8-12(14)15)6-5-9-3-2-4-10(13)7-9/h2-4,7,11H,5-6,8H2,1H3,(H,14,15). The van der Waals surface area contributed by atoms with Gasteiger partial charge in [0.05, 0.1) is 12.5 Å². The lowest BCUT2D eigenvalue weighted by Crippen LogP contribution is -2.16. The Labute approximate surface area is 104 Å². The van der Waals surface area contributed by atoms with Crippen LogP contribution in [0.2, 0.25) is 0 Å². The molecule has 3 nitrogen and oxygen atoms in total. The Hall–Kier alpha value is -0.870. The molecule has 0 aliphatic heterocycles. The van der Waals surface area contributed by atoms with Gasteiger partial charge in [-0.25, -0.2) is 0 Å². The van der Waals surface area contributed by atoms with Crippen LogP contribution in [0.3, 0.4) is 0 Å². The van der Waals surface area contributed by atoms with Gasteiger partial charge in [0.2, 0.25) is 0 Å². The van der Waals surface area contributed by atoms with Crippen molar-refractivity contribution < 1.29 is 14.6 Å². The number of hydrogen-bond donors (Lipinski definition) is 1. The maximum atomic E-state index is 10.5. The fourth-order valence-electron chi connectivity index (χ4n) is 1.52. The first-order valence-electron chi connectivity index (χ1n) is 5.11. The van der Waals surface area contributed by atoms with Gasteiger partial charge in [-0.05, 0) is 30.5 Å². The largest absolute Gasteiger partial charge is 0.481 e. The first-order valence-corrected chi connectivity index (χ1v) is 5.90. The average molecular weight is 287 g/mol. The molecule has 0 heterocycles. The summed E-state index contributed by atoms with van der Waals surface area (Å²) in [4.78, 5) is 10.5. The molecule has 16 heavy (non-hydrogen) atoms. The predicted octanol–water partition coefficient (Wildman–Crippen LogP) is 2.87. The quantitative estimate of drug-likeness (QED) is 0.875. The van der Waals surface area contributed by atoms with Gasteiger partial charge in [0.1, 0.15) is 0 Å². The number of carboxylic acids is 1. The smallest absolute Gasteiger partial charge is 0.305 e. The van der Waals surface area contributed by atoms with Crippen LogP contribution in [0.5, 0.6) is 0 Å². The molecule has 1 rings (SSSR count). The molecule has 0 saturated carbocycles. The van der Waals surface area contributed by atoms with Crippen LogP contribution in [0, 0.1) is 0 Å². The molecule has 0 bridgehead atoms. The van der Waals surface area contributed by atoms with Crippen molar-refractivity contribution in [3.8, 4) is 0 Å². The fraction of sp³-hybridized carbons (Fsp3) is 0.417. The number of methoxy groups -OCH3 is 1. The SMILES string of the molecule is COC(CCc1cccc(Br)c1)CC(=O)O. The molecule has 0 spiro atoms. The zero-order chi connectivity index (χ0) is 12.0. The van der Waals surface area contributed by atoms with Gasteiger partial charge in [0.25, 0.3) is 0 Å². The molecule has 1 atom stereocenters. The van der Waals surface area contributed by atoms with Gasteiger partial charge in [0, 0.05) is 11.6 Å². The van der Waals surface area contributed by atoms with E-state index in [1.165, 1.54) is 5.56 Å². The second kappa shape index (κ2) is 6.66. The Bertz CT molecular complexity index is 352. The Morgan fingerprint density at radius 3 is 2.88 bits per heavy atom. The summed E-state index contributed by atoms with van der Waals surface area (Å²) in [6.45, 7) is 0. The Morgan fingerprint density at radius 2 is 2.31 bits per heavy atom. The van der Waals surface area contributed by atoms with Crippen LogP contribution in [0.15, 0.2) is 28.7 Å². The predicted molar refractivity (Wildman–Crippen MR) is 65.5 cm³/mol. The molecule has 4 heteroatoms. The number of ether oxygens (including phenoxy) is 1. The Morgan fingerprint density at radius 1 is 1.56 bits per heavy atom. The number of carboxylic acid groups (broad SMARTS) is 1. The highest BCUT2D eigenvalue weighted by Crippen LogP contribution is 2.15. The summed E-state index contributed by atoms with van der Waals surface area (Å²) in [7, 11) is 1.55. The number of halogens is 1. The molecule has 1 aromatic carbocycles. The molecule has 1 N–H and O–H groups in total. The van der Waals surface area contributed by atoms with E-state index in [2.05, 4.69) is 15.9 Å². The molecule has 1 aromatic rings. The number of aliphatic carboxylic acids is 1. The molecular formula is C12H15BrO3. The molecule has 0 saturated heterocycles. The van der Waals surface area contributed by atoms with Crippen LogP contribution in [-0.4, -0.2) is 24.3 Å². The third-order valence-electron chi connectivity index (χ3n) is 2.38. The maximum Gasteiger partial charge on any atom is 0.305 e. The second-order valence-electron chi connectivity index (χ2n) is 3.62. The van der Waals surface area contributed by atoms with Crippen LogP contribution >= 0.6 is 15.9 Å². The van der Waals surface area contributed by atoms with E-state index in [0.29, 0.717) is 0 Å². The van der Waals surface area contributed by atoms with E-state index in [-0.39, 0.29) is 12.5 Å². The first kappa shape index (κ1) is 13.2. The molecular weight excluding hydrogens is 272 g/mol. The summed E-state index contributed by atoms with van der Waals surface area (Å²) in [5.74, 6) is -0.818. The minimum Gasteiger partial charge on any atom is -0.481 e. The third-order valence-corrected chi connectivity index (χ3v) is 2.87. The first-order chi connectivity index (χ1) is 7.61. The van der Waals surface area contributed by atoms with Crippen molar-refractivity contribution in [3.05, 3.63) is 34.3 Å². The number of hydrogen-bond acceptors (Lipinski definition) is 2. The van der Waals surface area contributed by atoms with Crippen molar-refractivity contribution in [2.75, 3.05) is 7.11 Å². The van der Waals surface area contributed by atoms with Crippen molar-refractivity contribution in [1.29, 1.82) is 0 Å². The molecule has 0 fully saturated rings. The van der Waals surface area contributed by atoms with Gasteiger partial charge >= 0.3 is 5.97 Å². The fourth-order valence-corrected chi connectivity index (χ4v) is 1.96. The van der Waals surface area contributed by atoms with E-state index < -0.39 is 5.97 Å². The lowest BCUT2D eigenvalue weighted by atomic mass is 10.1.